The Kier molecular flexibility index (Phi) is 3.72. The maximum atomic E-state index is 13.2. The number of carbonyl (C=O) groups excluding carboxylic acids is 1. The molecule has 132 valence electrons. The predicted molar refractivity (Wildman–Crippen MR) is 94.0 cm³/mol. The van der Waals surface area contributed by atoms with Crippen LogP contribution in [-0.2, 0) is 11.2 Å². The van der Waals surface area contributed by atoms with E-state index in [-0.39, 0.29) is 5.91 Å². The number of aryl methyl sites for hydroxylation is 2. The molecule has 1 aliphatic heterocycles. The molecule has 1 aromatic carbocycles. The number of carboxylic acids is 1. The molecule has 1 N–H and O–H groups in total. The van der Waals surface area contributed by atoms with Gasteiger partial charge in [0.15, 0.2) is 11.7 Å². The van der Waals surface area contributed by atoms with Crippen molar-refractivity contribution >= 4 is 17.5 Å². The number of nitrogens with zero attached hydrogens (tertiary/aromatic N) is 4. The lowest BCUT2D eigenvalue weighted by atomic mass is 9.92. The summed E-state index contributed by atoms with van der Waals surface area (Å²) in [6.45, 7) is 4.00. The fourth-order valence-electron chi connectivity index (χ4n) is 3.58. The minimum absolute atomic E-state index is 0.341. The Hall–Kier alpha value is -3.22. The van der Waals surface area contributed by atoms with E-state index in [1.54, 1.807) is 23.6 Å². The van der Waals surface area contributed by atoms with E-state index in [1.165, 1.54) is 11.1 Å². The van der Waals surface area contributed by atoms with E-state index in [4.69, 9.17) is 0 Å². The summed E-state index contributed by atoms with van der Waals surface area (Å²) < 4.78 is 1.62. The van der Waals surface area contributed by atoms with E-state index in [0.29, 0.717) is 35.4 Å². The number of aromatic nitrogens is 3. The van der Waals surface area contributed by atoms with Crippen molar-refractivity contribution in [3.8, 4) is 0 Å². The topological polar surface area (TPSA) is 87.8 Å². The molecule has 0 radical (unpaired) electrons. The lowest BCUT2D eigenvalue weighted by Gasteiger charge is -2.35. The van der Waals surface area contributed by atoms with Crippen molar-refractivity contribution in [2.24, 2.45) is 0 Å². The van der Waals surface area contributed by atoms with E-state index in [1.807, 2.05) is 25.1 Å². The standard InChI is InChI=1S/C19H18N4O3/c1-11-9-16-20-10-15(12(2)23(16)21-11)18(24)22-8-7-13-5-3-4-6-14(13)17(22)19(25)26/h3-6,9-10,17H,7-8H2,1-2H3,(H,25,26). The molecule has 3 aromatic rings. The number of benzene rings is 1. The summed E-state index contributed by atoms with van der Waals surface area (Å²) in [5, 5.41) is 14.1. The Balaban J connectivity index is 1.78. The number of amides is 1. The van der Waals surface area contributed by atoms with Crippen LogP contribution in [0.4, 0.5) is 0 Å². The summed E-state index contributed by atoms with van der Waals surface area (Å²) in [6, 6.07) is 8.21. The molecule has 2 aromatic heterocycles. The Morgan fingerprint density at radius 2 is 2.00 bits per heavy atom. The molecule has 1 amide bonds. The zero-order valence-corrected chi connectivity index (χ0v) is 14.5. The first-order valence-electron chi connectivity index (χ1n) is 8.41. The van der Waals surface area contributed by atoms with Gasteiger partial charge in [-0.15, -0.1) is 0 Å². The lowest BCUT2D eigenvalue weighted by molar-refractivity contribution is -0.143. The number of hydrogen-bond acceptors (Lipinski definition) is 4. The molecule has 0 fully saturated rings. The molecular formula is C19H18N4O3. The Morgan fingerprint density at radius 3 is 2.77 bits per heavy atom. The maximum Gasteiger partial charge on any atom is 0.331 e. The highest BCUT2D eigenvalue weighted by Crippen LogP contribution is 2.31. The van der Waals surface area contributed by atoms with Crippen LogP contribution in [0.3, 0.4) is 0 Å². The van der Waals surface area contributed by atoms with Crippen LogP contribution in [0.2, 0.25) is 0 Å². The number of rotatable bonds is 2. The molecule has 0 spiro atoms. The normalized spacial score (nSPS) is 16.5. The van der Waals surface area contributed by atoms with Crippen LogP contribution in [0.5, 0.6) is 0 Å². The molecule has 1 aliphatic rings. The third kappa shape index (κ3) is 2.44. The van der Waals surface area contributed by atoms with Crippen LogP contribution >= 0.6 is 0 Å². The monoisotopic (exact) mass is 350 g/mol. The summed E-state index contributed by atoms with van der Waals surface area (Å²) in [4.78, 5) is 30.8. The lowest BCUT2D eigenvalue weighted by Crippen LogP contribution is -2.44. The van der Waals surface area contributed by atoms with Crippen molar-refractivity contribution in [2.45, 2.75) is 26.3 Å². The molecule has 1 atom stereocenters. The zero-order chi connectivity index (χ0) is 18.4. The van der Waals surface area contributed by atoms with E-state index >= 15 is 0 Å². The first-order valence-corrected chi connectivity index (χ1v) is 8.41. The minimum Gasteiger partial charge on any atom is -0.479 e. The molecule has 7 nitrogen and oxygen atoms in total. The van der Waals surface area contributed by atoms with Gasteiger partial charge in [0.05, 0.1) is 17.0 Å². The second-order valence-electron chi connectivity index (χ2n) is 6.50. The van der Waals surface area contributed by atoms with Gasteiger partial charge in [-0.25, -0.2) is 14.3 Å². The van der Waals surface area contributed by atoms with Crippen LogP contribution in [0.25, 0.3) is 5.65 Å². The highest BCUT2D eigenvalue weighted by molar-refractivity contribution is 5.98. The Labute approximate surface area is 149 Å². The number of fused-ring (bicyclic) bond motifs is 2. The molecule has 3 heterocycles. The Morgan fingerprint density at radius 1 is 1.23 bits per heavy atom. The van der Waals surface area contributed by atoms with E-state index < -0.39 is 12.0 Å². The van der Waals surface area contributed by atoms with Crippen LogP contribution in [0.15, 0.2) is 36.5 Å². The average Bonchev–Trinajstić information content (AvgIpc) is 3.01. The molecule has 1 unspecified atom stereocenters. The number of hydrogen-bond donors (Lipinski definition) is 1. The van der Waals surface area contributed by atoms with E-state index in [0.717, 1.165) is 11.3 Å². The molecule has 7 heteroatoms. The van der Waals surface area contributed by atoms with Crippen LogP contribution in [0.1, 0.15) is 38.9 Å². The third-order valence-electron chi connectivity index (χ3n) is 4.85. The summed E-state index contributed by atoms with van der Waals surface area (Å²) >= 11 is 0. The fourth-order valence-corrected chi connectivity index (χ4v) is 3.58. The summed E-state index contributed by atoms with van der Waals surface area (Å²) in [5.41, 5.74) is 4.12. The largest absolute Gasteiger partial charge is 0.479 e. The summed E-state index contributed by atoms with van der Waals surface area (Å²) in [7, 11) is 0. The van der Waals surface area contributed by atoms with Gasteiger partial charge in [-0.1, -0.05) is 24.3 Å². The minimum atomic E-state index is -1.04. The average molecular weight is 350 g/mol. The highest BCUT2D eigenvalue weighted by Gasteiger charge is 2.36. The Bertz CT molecular complexity index is 1040. The van der Waals surface area contributed by atoms with Crippen molar-refractivity contribution in [1.29, 1.82) is 0 Å². The van der Waals surface area contributed by atoms with Crippen LogP contribution in [0, 0.1) is 13.8 Å². The van der Waals surface area contributed by atoms with E-state index in [2.05, 4.69) is 10.1 Å². The SMILES string of the molecule is Cc1cc2ncc(C(=O)N3CCc4ccccc4C3C(=O)O)c(C)n2n1. The number of aliphatic carboxylic acids is 1. The second-order valence-corrected chi connectivity index (χ2v) is 6.50. The summed E-state index contributed by atoms with van der Waals surface area (Å²) in [5.74, 6) is -1.38. The molecular weight excluding hydrogens is 332 g/mol. The first-order chi connectivity index (χ1) is 12.5. The first kappa shape index (κ1) is 16.3. The third-order valence-corrected chi connectivity index (χ3v) is 4.85. The van der Waals surface area contributed by atoms with Gasteiger partial charge in [0, 0.05) is 18.8 Å². The van der Waals surface area contributed by atoms with Gasteiger partial charge in [-0.3, -0.25) is 4.79 Å². The number of carboxylic acid groups (broad SMARTS) is 1. The van der Waals surface area contributed by atoms with Gasteiger partial charge in [-0.2, -0.15) is 5.10 Å². The maximum absolute atomic E-state index is 13.2. The van der Waals surface area contributed by atoms with Crippen molar-refractivity contribution < 1.29 is 14.7 Å². The van der Waals surface area contributed by atoms with Gasteiger partial charge in [0.25, 0.3) is 5.91 Å². The fraction of sp³-hybridized carbons (Fsp3) is 0.263. The van der Waals surface area contributed by atoms with Crippen molar-refractivity contribution in [2.75, 3.05) is 6.54 Å². The van der Waals surface area contributed by atoms with E-state index in [9.17, 15) is 14.7 Å². The molecule has 0 saturated carbocycles. The summed E-state index contributed by atoms with van der Waals surface area (Å²) in [6.07, 6.45) is 2.13. The van der Waals surface area contributed by atoms with Gasteiger partial charge in [0.2, 0.25) is 0 Å². The molecule has 0 bridgehead atoms. The van der Waals surface area contributed by atoms with Crippen molar-refractivity contribution in [3.63, 3.8) is 0 Å². The molecule has 0 aliphatic carbocycles. The van der Waals surface area contributed by atoms with Crippen molar-refractivity contribution in [3.05, 3.63) is 64.6 Å². The second kappa shape index (κ2) is 5.94. The predicted octanol–water partition coefficient (Wildman–Crippen LogP) is 2.17. The van der Waals surface area contributed by atoms with Gasteiger partial charge in [0.1, 0.15) is 0 Å². The van der Waals surface area contributed by atoms with Crippen LogP contribution in [-0.4, -0.2) is 43.0 Å². The molecule has 4 rings (SSSR count). The zero-order valence-electron chi connectivity index (χ0n) is 14.5. The quantitative estimate of drug-likeness (QED) is 0.765. The molecule has 0 saturated heterocycles. The highest BCUT2D eigenvalue weighted by atomic mass is 16.4. The van der Waals surface area contributed by atoms with Crippen molar-refractivity contribution in [1.82, 2.24) is 19.5 Å². The number of carbonyl (C=O) groups is 2. The van der Waals surface area contributed by atoms with Crippen LogP contribution < -0.4 is 0 Å². The molecule has 26 heavy (non-hydrogen) atoms. The smallest absolute Gasteiger partial charge is 0.331 e. The van der Waals surface area contributed by atoms with Gasteiger partial charge < -0.3 is 10.0 Å². The van der Waals surface area contributed by atoms with Gasteiger partial charge >= 0.3 is 5.97 Å². The van der Waals surface area contributed by atoms with Gasteiger partial charge in [-0.05, 0) is 31.4 Å².